The third kappa shape index (κ3) is 4.83. The normalized spacial score (nSPS) is 13.4. The number of hydrogen-bond acceptors (Lipinski definition) is 3. The lowest BCUT2D eigenvalue weighted by molar-refractivity contribution is -0.139. The number of alkyl halides is 3. The van der Waals surface area contributed by atoms with Crippen LogP contribution in [0.3, 0.4) is 0 Å². The Morgan fingerprint density at radius 3 is 2.61 bits per heavy atom. The van der Waals surface area contributed by atoms with Crippen molar-refractivity contribution < 1.29 is 23.0 Å². The fraction of sp³-hybridized carbons (Fsp3) is 0.500. The van der Waals surface area contributed by atoms with Crippen molar-refractivity contribution in [3.63, 3.8) is 0 Å². The van der Waals surface area contributed by atoms with E-state index in [0.717, 1.165) is 5.56 Å². The fourth-order valence-electron chi connectivity index (χ4n) is 1.54. The standard InChI is InChI=1S/C12H16F3NO2/c1-8(6-12(13,14)15)16-7-9-3-4-10(17)11(5-9)18-2/h3-5,8,16-17H,6-7H2,1-2H3. The van der Waals surface area contributed by atoms with Crippen molar-refractivity contribution in [2.45, 2.75) is 32.1 Å². The Kier molecular flexibility index (Phi) is 4.84. The Morgan fingerprint density at radius 2 is 2.06 bits per heavy atom. The summed E-state index contributed by atoms with van der Waals surface area (Å²) in [4.78, 5) is 0. The predicted molar refractivity (Wildman–Crippen MR) is 61.6 cm³/mol. The van der Waals surface area contributed by atoms with Crippen molar-refractivity contribution in [1.29, 1.82) is 0 Å². The molecule has 0 saturated carbocycles. The number of hydrogen-bond donors (Lipinski definition) is 2. The molecular formula is C12H16F3NO2. The molecule has 0 aliphatic heterocycles. The van der Waals surface area contributed by atoms with Crippen molar-refractivity contribution in [1.82, 2.24) is 5.32 Å². The first-order valence-corrected chi connectivity index (χ1v) is 5.48. The number of nitrogens with one attached hydrogen (secondary N) is 1. The maximum absolute atomic E-state index is 12.1. The molecule has 0 radical (unpaired) electrons. The van der Waals surface area contributed by atoms with E-state index in [1.807, 2.05) is 0 Å². The molecule has 102 valence electrons. The monoisotopic (exact) mass is 263 g/mol. The number of methoxy groups -OCH3 is 1. The molecule has 1 aromatic carbocycles. The smallest absolute Gasteiger partial charge is 0.390 e. The Bertz CT molecular complexity index is 393. The summed E-state index contributed by atoms with van der Waals surface area (Å²) in [5.41, 5.74) is 0.749. The molecule has 0 amide bonds. The van der Waals surface area contributed by atoms with E-state index in [1.54, 1.807) is 12.1 Å². The van der Waals surface area contributed by atoms with E-state index in [2.05, 4.69) is 5.32 Å². The zero-order valence-electron chi connectivity index (χ0n) is 10.2. The largest absolute Gasteiger partial charge is 0.504 e. The predicted octanol–water partition coefficient (Wildman–Crippen LogP) is 2.83. The van der Waals surface area contributed by atoms with E-state index in [9.17, 15) is 18.3 Å². The number of phenolic OH excluding ortho intramolecular Hbond substituents is 1. The van der Waals surface area contributed by atoms with Crippen molar-refractivity contribution in [2.24, 2.45) is 0 Å². The molecule has 18 heavy (non-hydrogen) atoms. The molecule has 1 unspecified atom stereocenters. The molecule has 1 atom stereocenters. The molecule has 1 rings (SSSR count). The summed E-state index contributed by atoms with van der Waals surface area (Å²) in [6.07, 6.45) is -5.04. The molecule has 0 heterocycles. The average molecular weight is 263 g/mol. The van der Waals surface area contributed by atoms with Gasteiger partial charge in [-0.3, -0.25) is 0 Å². The van der Waals surface area contributed by atoms with Crippen LogP contribution in [-0.4, -0.2) is 24.4 Å². The average Bonchev–Trinajstić information content (AvgIpc) is 2.25. The van der Waals surface area contributed by atoms with Gasteiger partial charge in [-0.05, 0) is 24.6 Å². The highest BCUT2D eigenvalue weighted by molar-refractivity contribution is 5.41. The summed E-state index contributed by atoms with van der Waals surface area (Å²) in [5, 5.41) is 12.1. The molecule has 1 aromatic rings. The van der Waals surface area contributed by atoms with Gasteiger partial charge in [-0.25, -0.2) is 0 Å². The van der Waals surface area contributed by atoms with Gasteiger partial charge >= 0.3 is 6.18 Å². The molecule has 0 spiro atoms. The van der Waals surface area contributed by atoms with Crippen molar-refractivity contribution in [3.05, 3.63) is 23.8 Å². The highest BCUT2D eigenvalue weighted by Gasteiger charge is 2.29. The maximum atomic E-state index is 12.1. The number of halogens is 3. The minimum atomic E-state index is -4.17. The summed E-state index contributed by atoms with van der Waals surface area (Å²) in [6.45, 7) is 1.76. The van der Waals surface area contributed by atoms with Crippen LogP contribution >= 0.6 is 0 Å². The molecule has 3 nitrogen and oxygen atoms in total. The van der Waals surface area contributed by atoms with Crippen LogP contribution in [0.4, 0.5) is 13.2 Å². The van der Waals surface area contributed by atoms with Crippen LogP contribution in [0.15, 0.2) is 18.2 Å². The molecular weight excluding hydrogens is 247 g/mol. The van der Waals surface area contributed by atoms with Gasteiger partial charge in [0.05, 0.1) is 13.5 Å². The van der Waals surface area contributed by atoms with E-state index in [-0.39, 0.29) is 12.3 Å². The third-order valence-electron chi connectivity index (χ3n) is 2.44. The zero-order chi connectivity index (χ0) is 13.8. The quantitative estimate of drug-likeness (QED) is 0.858. The summed E-state index contributed by atoms with van der Waals surface area (Å²) < 4.78 is 41.2. The van der Waals surface area contributed by atoms with Gasteiger partial charge in [0.15, 0.2) is 11.5 Å². The molecule has 0 aliphatic rings. The van der Waals surface area contributed by atoms with Crippen LogP contribution in [0.5, 0.6) is 11.5 Å². The van der Waals surface area contributed by atoms with E-state index in [1.165, 1.54) is 20.1 Å². The number of aromatic hydroxyl groups is 1. The second-order valence-corrected chi connectivity index (χ2v) is 4.11. The molecule has 0 saturated heterocycles. The minimum Gasteiger partial charge on any atom is -0.504 e. The summed E-state index contributed by atoms with van der Waals surface area (Å²) in [5.74, 6) is 0.308. The van der Waals surface area contributed by atoms with Crippen LogP contribution in [0, 0.1) is 0 Å². The van der Waals surface area contributed by atoms with Crippen LogP contribution in [0.2, 0.25) is 0 Å². The molecule has 0 bridgehead atoms. The first kappa shape index (κ1) is 14.6. The fourth-order valence-corrected chi connectivity index (χ4v) is 1.54. The van der Waals surface area contributed by atoms with E-state index in [4.69, 9.17) is 4.74 Å². The Labute approximate surface area is 104 Å². The van der Waals surface area contributed by atoms with Crippen LogP contribution in [-0.2, 0) is 6.54 Å². The SMILES string of the molecule is COc1cc(CNC(C)CC(F)(F)F)ccc1O. The molecule has 0 fully saturated rings. The molecule has 0 aromatic heterocycles. The van der Waals surface area contributed by atoms with Gasteiger partial charge in [-0.1, -0.05) is 6.07 Å². The lowest BCUT2D eigenvalue weighted by atomic mass is 10.1. The van der Waals surface area contributed by atoms with E-state index in [0.29, 0.717) is 5.75 Å². The van der Waals surface area contributed by atoms with Gasteiger partial charge < -0.3 is 15.2 Å². The molecule has 2 N–H and O–H groups in total. The molecule has 0 aliphatic carbocycles. The van der Waals surface area contributed by atoms with Gasteiger partial charge in [0.25, 0.3) is 0 Å². The van der Waals surface area contributed by atoms with Gasteiger partial charge in [0, 0.05) is 12.6 Å². The lowest BCUT2D eigenvalue weighted by Crippen LogP contribution is -2.30. The number of rotatable bonds is 5. The maximum Gasteiger partial charge on any atom is 0.390 e. The number of ether oxygens (including phenoxy) is 1. The Morgan fingerprint density at radius 1 is 1.39 bits per heavy atom. The topological polar surface area (TPSA) is 41.5 Å². The van der Waals surface area contributed by atoms with Crippen LogP contribution in [0.25, 0.3) is 0 Å². The van der Waals surface area contributed by atoms with Crippen molar-refractivity contribution >= 4 is 0 Å². The summed E-state index contributed by atoms with van der Waals surface area (Å²) in [6, 6.07) is 4.00. The highest BCUT2D eigenvalue weighted by atomic mass is 19.4. The zero-order valence-corrected chi connectivity index (χ0v) is 10.2. The summed E-state index contributed by atoms with van der Waals surface area (Å²) in [7, 11) is 1.42. The van der Waals surface area contributed by atoms with Gasteiger partial charge in [0.2, 0.25) is 0 Å². The first-order chi connectivity index (χ1) is 8.31. The van der Waals surface area contributed by atoms with Crippen LogP contribution < -0.4 is 10.1 Å². The number of phenols is 1. The lowest BCUT2D eigenvalue weighted by Gasteiger charge is -2.16. The second kappa shape index (κ2) is 5.95. The van der Waals surface area contributed by atoms with Crippen LogP contribution in [0.1, 0.15) is 18.9 Å². The summed E-state index contributed by atoms with van der Waals surface area (Å²) >= 11 is 0. The number of benzene rings is 1. The second-order valence-electron chi connectivity index (χ2n) is 4.11. The van der Waals surface area contributed by atoms with Crippen molar-refractivity contribution in [2.75, 3.05) is 7.11 Å². The van der Waals surface area contributed by atoms with E-state index < -0.39 is 18.6 Å². The first-order valence-electron chi connectivity index (χ1n) is 5.48. The molecule has 6 heteroatoms. The van der Waals surface area contributed by atoms with Crippen molar-refractivity contribution in [3.8, 4) is 11.5 Å². The van der Waals surface area contributed by atoms with E-state index >= 15 is 0 Å². The Hall–Kier alpha value is -1.43. The van der Waals surface area contributed by atoms with Gasteiger partial charge in [0.1, 0.15) is 0 Å². The minimum absolute atomic E-state index is 0.00425. The van der Waals surface area contributed by atoms with Gasteiger partial charge in [-0.2, -0.15) is 13.2 Å². The third-order valence-corrected chi connectivity index (χ3v) is 2.44. The highest BCUT2D eigenvalue weighted by Crippen LogP contribution is 2.26. The Balaban J connectivity index is 2.53. The van der Waals surface area contributed by atoms with Gasteiger partial charge in [-0.15, -0.1) is 0 Å².